The van der Waals surface area contributed by atoms with Crippen LogP contribution in [-0.4, -0.2) is 55.6 Å². The van der Waals surface area contributed by atoms with Crippen LogP contribution in [0.3, 0.4) is 0 Å². The van der Waals surface area contributed by atoms with Gasteiger partial charge in [-0.2, -0.15) is 5.26 Å². The highest BCUT2D eigenvalue weighted by Crippen LogP contribution is 2.40. The first-order valence-corrected chi connectivity index (χ1v) is 15.3. The molecule has 0 radical (unpaired) electrons. The maximum atomic E-state index is 13.7. The highest BCUT2D eigenvalue weighted by Gasteiger charge is 2.47. The number of aromatic nitrogens is 4. The Balaban J connectivity index is 1.19. The fourth-order valence-electron chi connectivity index (χ4n) is 7.17. The number of carbonyl (C=O) groups is 1. The molecule has 2 saturated carbocycles. The number of amides is 1. The largest absolute Gasteiger partial charge is 0.494 e. The quantitative estimate of drug-likeness (QED) is 0.269. The predicted molar refractivity (Wildman–Crippen MR) is 169 cm³/mol. The lowest BCUT2D eigenvalue weighted by atomic mass is 10.1. The second-order valence-corrected chi connectivity index (χ2v) is 12.5. The number of hydrogen-bond acceptors (Lipinski definition) is 7. The third-order valence-electron chi connectivity index (χ3n) is 9.71. The van der Waals surface area contributed by atoms with Crippen molar-refractivity contribution >= 4 is 39.5 Å². The summed E-state index contributed by atoms with van der Waals surface area (Å²) in [5.41, 5.74) is 11.9. The number of imidazole rings is 1. The van der Waals surface area contributed by atoms with Gasteiger partial charge in [-0.25, -0.2) is 9.97 Å². The van der Waals surface area contributed by atoms with Gasteiger partial charge in [-0.05, 0) is 92.1 Å². The summed E-state index contributed by atoms with van der Waals surface area (Å²) < 4.78 is 10.2. The van der Waals surface area contributed by atoms with E-state index in [-0.39, 0.29) is 18.0 Å². The zero-order valence-corrected chi connectivity index (χ0v) is 24.8. The van der Waals surface area contributed by atoms with Crippen LogP contribution >= 0.6 is 0 Å². The molecule has 4 heterocycles. The highest BCUT2D eigenvalue weighted by molar-refractivity contribution is 6.00. The van der Waals surface area contributed by atoms with Crippen LogP contribution < -0.4 is 15.8 Å². The number of nitrogens with one attached hydrogen (secondary N) is 1. The molecule has 0 spiro atoms. The molecule has 1 saturated heterocycles. The third-order valence-corrected chi connectivity index (χ3v) is 9.71. The molecule has 1 aliphatic heterocycles. The molecule has 222 valence electrons. The van der Waals surface area contributed by atoms with Crippen LogP contribution in [-0.2, 0) is 13.6 Å². The minimum absolute atomic E-state index is 0.00519. The fourth-order valence-corrected chi connectivity index (χ4v) is 7.17. The average molecular weight is 587 g/mol. The molecule has 3 aromatic heterocycles. The van der Waals surface area contributed by atoms with Gasteiger partial charge in [0.05, 0.1) is 30.0 Å². The van der Waals surface area contributed by atoms with E-state index in [0.29, 0.717) is 28.7 Å². The summed E-state index contributed by atoms with van der Waals surface area (Å²) in [5, 5.41) is 13.5. The molecule has 3 aliphatic rings. The Labute approximate surface area is 255 Å². The fraction of sp³-hybridized carbons (Fsp3) is 0.353. The molecule has 44 heavy (non-hydrogen) atoms. The van der Waals surface area contributed by atoms with Gasteiger partial charge in [0.15, 0.2) is 5.82 Å². The van der Waals surface area contributed by atoms with Crippen LogP contribution in [0, 0.1) is 23.2 Å². The lowest BCUT2D eigenvalue weighted by Gasteiger charge is -2.27. The van der Waals surface area contributed by atoms with Gasteiger partial charge in [-0.1, -0.05) is 0 Å². The van der Waals surface area contributed by atoms with Crippen LogP contribution in [0.1, 0.15) is 41.6 Å². The van der Waals surface area contributed by atoms with Crippen molar-refractivity contribution in [3.8, 4) is 23.3 Å². The number of aryl methyl sites for hydroxylation is 1. The second-order valence-electron chi connectivity index (χ2n) is 12.5. The van der Waals surface area contributed by atoms with Crippen molar-refractivity contribution < 1.29 is 9.53 Å². The van der Waals surface area contributed by atoms with E-state index in [0.717, 1.165) is 71.0 Å². The zero-order valence-electron chi connectivity index (χ0n) is 24.8. The maximum absolute atomic E-state index is 13.7. The molecule has 8 rings (SSSR count). The first kappa shape index (κ1) is 26.7. The van der Waals surface area contributed by atoms with E-state index in [2.05, 4.69) is 32.7 Å². The van der Waals surface area contributed by atoms with Gasteiger partial charge in [0.2, 0.25) is 0 Å². The van der Waals surface area contributed by atoms with Crippen LogP contribution in [0.15, 0.2) is 54.6 Å². The lowest BCUT2D eigenvalue weighted by Crippen LogP contribution is -2.41. The number of benzene rings is 2. The van der Waals surface area contributed by atoms with Crippen molar-refractivity contribution in [3.63, 3.8) is 0 Å². The molecule has 0 unspecified atom stereocenters. The molecular weight excluding hydrogens is 552 g/mol. The summed E-state index contributed by atoms with van der Waals surface area (Å²) in [4.78, 5) is 25.8. The minimum Gasteiger partial charge on any atom is -0.494 e. The summed E-state index contributed by atoms with van der Waals surface area (Å²) in [6.45, 7) is 1.57. The molecule has 10 nitrogen and oxygen atoms in total. The van der Waals surface area contributed by atoms with Crippen molar-refractivity contribution in [3.05, 3.63) is 65.7 Å². The monoisotopic (exact) mass is 586 g/mol. The van der Waals surface area contributed by atoms with E-state index in [1.54, 1.807) is 19.2 Å². The van der Waals surface area contributed by atoms with Crippen LogP contribution in [0.25, 0.3) is 33.6 Å². The number of nitrogens with two attached hydrogens (primary N) is 1. The van der Waals surface area contributed by atoms with E-state index in [1.165, 1.54) is 12.8 Å². The van der Waals surface area contributed by atoms with Gasteiger partial charge < -0.3 is 29.8 Å². The number of hydrogen-bond donors (Lipinski definition) is 2. The Morgan fingerprint density at radius 3 is 2.59 bits per heavy atom. The van der Waals surface area contributed by atoms with Crippen LogP contribution in [0.2, 0.25) is 0 Å². The van der Waals surface area contributed by atoms with E-state index in [4.69, 9.17) is 25.7 Å². The van der Waals surface area contributed by atoms with Crippen molar-refractivity contribution in [2.45, 2.75) is 44.3 Å². The Morgan fingerprint density at radius 1 is 1.09 bits per heavy atom. The Morgan fingerprint density at radius 2 is 1.91 bits per heavy atom. The number of piperidine rings is 1. The molecular formula is C34H34N8O2. The predicted octanol–water partition coefficient (Wildman–Crippen LogP) is 5.19. The number of rotatable bonds is 7. The standard InChI is InChI=1S/C34H34N8O2/c1-40-31-25(13-23(15-28(31)44-2)34(43)42-18-22-7-11-26(42)30(22)36)38-33(40)27-14-21-8-12-29(37-24-9-5-19(16-35)6-10-24)39-32(21)41(27)17-20-3-4-20/h5-6,8-10,12-15,20,22,26,30H,3-4,7,11,17-18,36H2,1-2H3,(H,37,39)/t22-,26-,30-/m1/s1. The summed E-state index contributed by atoms with van der Waals surface area (Å²) in [6, 6.07) is 19.6. The van der Waals surface area contributed by atoms with Gasteiger partial charge in [0, 0.05) is 48.9 Å². The molecule has 2 aliphatic carbocycles. The Bertz CT molecular complexity index is 1980. The van der Waals surface area contributed by atoms with E-state index in [9.17, 15) is 4.79 Å². The van der Waals surface area contributed by atoms with Gasteiger partial charge in [-0.15, -0.1) is 0 Å². The summed E-state index contributed by atoms with van der Waals surface area (Å²) >= 11 is 0. The third kappa shape index (κ3) is 4.30. The lowest BCUT2D eigenvalue weighted by molar-refractivity contribution is 0.0700. The summed E-state index contributed by atoms with van der Waals surface area (Å²) in [6.07, 6.45) is 4.46. The molecule has 10 heteroatoms. The average Bonchev–Trinajstić information content (AvgIpc) is 3.45. The van der Waals surface area contributed by atoms with Crippen molar-refractivity contribution in [2.24, 2.45) is 24.6 Å². The van der Waals surface area contributed by atoms with Gasteiger partial charge in [-0.3, -0.25) is 4.79 Å². The van der Waals surface area contributed by atoms with E-state index in [1.807, 2.05) is 42.3 Å². The first-order valence-electron chi connectivity index (χ1n) is 15.3. The molecule has 3 atom stereocenters. The minimum atomic E-state index is -0.00519. The van der Waals surface area contributed by atoms with Crippen LogP contribution in [0.4, 0.5) is 11.5 Å². The SMILES string of the molecule is COc1cc(C(=O)N2C[C@H]3CC[C@@H]2[C@@H]3N)cc2nc(-c3cc4ccc(Nc5ccc(C#N)cc5)nc4n3CC3CC3)n(C)c12. The molecule has 1 amide bonds. The number of fused-ring (bicyclic) bond motifs is 4. The van der Waals surface area contributed by atoms with Gasteiger partial charge in [0.25, 0.3) is 5.91 Å². The molecule has 2 bridgehead atoms. The molecule has 3 fully saturated rings. The summed E-state index contributed by atoms with van der Waals surface area (Å²) in [5.74, 6) is 3.14. The van der Waals surface area contributed by atoms with Crippen molar-refractivity contribution in [1.29, 1.82) is 5.26 Å². The van der Waals surface area contributed by atoms with Crippen molar-refractivity contribution in [2.75, 3.05) is 19.0 Å². The molecule has 2 aromatic carbocycles. The molecule has 3 N–H and O–H groups in total. The number of likely N-dealkylation sites (tertiary alicyclic amines) is 1. The number of carbonyl (C=O) groups excluding carboxylic acids is 1. The van der Waals surface area contributed by atoms with E-state index < -0.39 is 0 Å². The van der Waals surface area contributed by atoms with Gasteiger partial charge >= 0.3 is 0 Å². The number of pyridine rings is 1. The first-order chi connectivity index (χ1) is 21.4. The number of methoxy groups -OCH3 is 1. The van der Waals surface area contributed by atoms with Gasteiger partial charge in [0.1, 0.15) is 22.7 Å². The normalized spacial score (nSPS) is 20.9. The number of nitrogens with zero attached hydrogens (tertiary/aromatic N) is 6. The summed E-state index contributed by atoms with van der Waals surface area (Å²) in [7, 11) is 3.64. The zero-order chi connectivity index (χ0) is 30.1. The Kier molecular flexibility index (Phi) is 6.13. The smallest absolute Gasteiger partial charge is 0.254 e. The Hall–Kier alpha value is -4.88. The number of ether oxygens (including phenoxy) is 1. The van der Waals surface area contributed by atoms with Crippen LogP contribution in [0.5, 0.6) is 5.75 Å². The second kappa shape index (κ2) is 10.1. The maximum Gasteiger partial charge on any atom is 0.254 e. The van der Waals surface area contributed by atoms with Crippen molar-refractivity contribution in [1.82, 2.24) is 24.0 Å². The number of nitriles is 1. The van der Waals surface area contributed by atoms with E-state index >= 15 is 0 Å². The molecule has 5 aromatic rings. The topological polar surface area (TPSA) is 127 Å². The number of anilines is 2. The highest BCUT2D eigenvalue weighted by atomic mass is 16.5.